The molecule has 6 nitrogen and oxygen atoms in total. The van der Waals surface area contributed by atoms with Crippen molar-refractivity contribution in [2.75, 3.05) is 20.1 Å². The van der Waals surface area contributed by atoms with Crippen molar-refractivity contribution >= 4 is 22.3 Å². The number of rotatable bonds is 4. The highest BCUT2D eigenvalue weighted by atomic mass is 32.1. The fourth-order valence-corrected chi connectivity index (χ4v) is 4.05. The highest BCUT2D eigenvalue weighted by molar-refractivity contribution is 7.15. The third-order valence-electron chi connectivity index (χ3n) is 4.83. The van der Waals surface area contributed by atoms with Crippen molar-refractivity contribution < 1.29 is 0 Å². The van der Waals surface area contributed by atoms with Crippen molar-refractivity contribution in [1.82, 2.24) is 24.9 Å². The maximum Gasteiger partial charge on any atom is 0.193 e. The lowest BCUT2D eigenvalue weighted by molar-refractivity contribution is 0.315. The molecule has 0 amide bonds. The molecule has 1 aliphatic carbocycles. The van der Waals surface area contributed by atoms with Crippen molar-refractivity contribution in [1.29, 1.82) is 0 Å². The molecule has 7 heteroatoms. The summed E-state index contributed by atoms with van der Waals surface area (Å²) in [7, 11) is 1.83. The van der Waals surface area contributed by atoms with Gasteiger partial charge in [-0.2, -0.15) is 0 Å². The number of guanidine groups is 1. The first-order valence-electron chi connectivity index (χ1n) is 8.35. The molecule has 0 spiro atoms. The SMILES string of the molecule is CN=C(NCc1cn2ccsc2n1)NC1CN(C2CC2)CC1C. The molecule has 1 saturated heterocycles. The van der Waals surface area contributed by atoms with Crippen molar-refractivity contribution in [3.05, 3.63) is 23.5 Å². The number of aromatic nitrogens is 2. The minimum Gasteiger partial charge on any atom is -0.352 e. The highest BCUT2D eigenvalue weighted by Crippen LogP contribution is 2.31. The van der Waals surface area contributed by atoms with Crippen LogP contribution in [-0.4, -0.2) is 52.5 Å². The van der Waals surface area contributed by atoms with Gasteiger partial charge in [-0.25, -0.2) is 4.98 Å². The average Bonchev–Trinajstić information content (AvgIpc) is 3.02. The molecule has 2 aromatic heterocycles. The smallest absolute Gasteiger partial charge is 0.193 e. The lowest BCUT2D eigenvalue weighted by Crippen LogP contribution is -2.46. The van der Waals surface area contributed by atoms with Crippen molar-refractivity contribution in [3.8, 4) is 0 Å². The number of hydrogen-bond acceptors (Lipinski definition) is 4. The standard InChI is InChI=1S/C16H24N6S/c1-11-8-22(13-3-4-13)10-14(11)20-15(17-2)18-7-12-9-21-5-6-23-16(21)19-12/h5-6,9,11,13-14H,3-4,7-8,10H2,1-2H3,(H2,17,18,20). The minimum atomic E-state index is 0.479. The molecule has 2 N–H and O–H groups in total. The van der Waals surface area contributed by atoms with Gasteiger partial charge in [-0.15, -0.1) is 11.3 Å². The van der Waals surface area contributed by atoms with Crippen LogP contribution in [0.1, 0.15) is 25.5 Å². The Morgan fingerprint density at radius 2 is 2.30 bits per heavy atom. The topological polar surface area (TPSA) is 57.0 Å². The Morgan fingerprint density at radius 1 is 1.43 bits per heavy atom. The zero-order valence-electron chi connectivity index (χ0n) is 13.7. The molecule has 0 bridgehead atoms. The van der Waals surface area contributed by atoms with Gasteiger partial charge in [0.05, 0.1) is 12.2 Å². The Bertz CT molecular complexity index is 672. The summed E-state index contributed by atoms with van der Waals surface area (Å²) < 4.78 is 2.06. The van der Waals surface area contributed by atoms with Crippen molar-refractivity contribution in [3.63, 3.8) is 0 Å². The molecule has 4 rings (SSSR count). The third kappa shape index (κ3) is 3.21. The van der Waals surface area contributed by atoms with E-state index in [4.69, 9.17) is 0 Å². The van der Waals surface area contributed by atoms with Crippen LogP contribution in [-0.2, 0) is 6.54 Å². The Hall–Kier alpha value is -1.60. The second-order valence-electron chi connectivity index (χ2n) is 6.66. The number of aliphatic imine (C=N–C) groups is 1. The number of likely N-dealkylation sites (tertiary alicyclic amines) is 1. The van der Waals surface area contributed by atoms with Crippen LogP contribution < -0.4 is 10.6 Å². The lowest BCUT2D eigenvalue weighted by atomic mass is 10.1. The Kier molecular flexibility index (Phi) is 3.98. The molecule has 2 unspecified atom stereocenters. The van der Waals surface area contributed by atoms with Gasteiger partial charge in [-0.05, 0) is 18.8 Å². The Labute approximate surface area is 140 Å². The van der Waals surface area contributed by atoms with Crippen LogP contribution in [0.5, 0.6) is 0 Å². The minimum absolute atomic E-state index is 0.479. The quantitative estimate of drug-likeness (QED) is 0.659. The predicted octanol–water partition coefficient (Wildman–Crippen LogP) is 1.54. The summed E-state index contributed by atoms with van der Waals surface area (Å²) in [6, 6.07) is 1.32. The maximum absolute atomic E-state index is 4.60. The van der Waals surface area contributed by atoms with E-state index in [1.165, 1.54) is 19.4 Å². The maximum atomic E-state index is 4.60. The fourth-order valence-electron chi connectivity index (χ4n) is 3.34. The highest BCUT2D eigenvalue weighted by Gasteiger charge is 2.38. The normalized spacial score (nSPS) is 26.1. The van der Waals surface area contributed by atoms with Crippen LogP contribution in [0.2, 0.25) is 0 Å². The molecule has 2 fully saturated rings. The van der Waals surface area contributed by atoms with Gasteiger partial charge in [0.1, 0.15) is 0 Å². The van der Waals surface area contributed by atoms with Gasteiger partial charge in [0.15, 0.2) is 10.9 Å². The largest absolute Gasteiger partial charge is 0.352 e. The van der Waals surface area contributed by atoms with E-state index < -0.39 is 0 Å². The zero-order chi connectivity index (χ0) is 15.8. The van der Waals surface area contributed by atoms with Gasteiger partial charge in [0, 0.05) is 50.0 Å². The molecule has 23 heavy (non-hydrogen) atoms. The molecular weight excluding hydrogens is 308 g/mol. The van der Waals surface area contributed by atoms with E-state index in [1.807, 2.05) is 18.6 Å². The summed E-state index contributed by atoms with van der Waals surface area (Å²) >= 11 is 1.66. The van der Waals surface area contributed by atoms with Gasteiger partial charge < -0.3 is 10.6 Å². The fraction of sp³-hybridized carbons (Fsp3) is 0.625. The van der Waals surface area contributed by atoms with Crippen LogP contribution in [0.3, 0.4) is 0 Å². The van der Waals surface area contributed by atoms with Gasteiger partial charge in [-0.1, -0.05) is 6.92 Å². The van der Waals surface area contributed by atoms with Gasteiger partial charge in [0.25, 0.3) is 0 Å². The van der Waals surface area contributed by atoms with Crippen molar-refractivity contribution in [2.45, 2.75) is 38.4 Å². The zero-order valence-corrected chi connectivity index (χ0v) is 14.5. The van der Waals surface area contributed by atoms with E-state index in [0.717, 1.165) is 29.2 Å². The van der Waals surface area contributed by atoms with E-state index in [9.17, 15) is 0 Å². The van der Waals surface area contributed by atoms with Gasteiger partial charge in [-0.3, -0.25) is 14.3 Å². The van der Waals surface area contributed by atoms with E-state index in [2.05, 4.69) is 43.0 Å². The van der Waals surface area contributed by atoms with Crippen LogP contribution in [0.4, 0.5) is 0 Å². The molecule has 3 heterocycles. The Balaban J connectivity index is 1.32. The molecule has 1 aliphatic heterocycles. The second-order valence-corrected chi connectivity index (χ2v) is 7.54. The van der Waals surface area contributed by atoms with Gasteiger partial charge in [0.2, 0.25) is 0 Å². The van der Waals surface area contributed by atoms with E-state index in [-0.39, 0.29) is 0 Å². The molecular formula is C16H24N6S. The van der Waals surface area contributed by atoms with Crippen molar-refractivity contribution in [2.24, 2.45) is 10.9 Å². The van der Waals surface area contributed by atoms with Crippen LogP contribution >= 0.6 is 11.3 Å². The average molecular weight is 332 g/mol. The molecule has 2 aliphatic rings. The first-order valence-corrected chi connectivity index (χ1v) is 9.23. The van der Waals surface area contributed by atoms with Crippen LogP contribution in [0.25, 0.3) is 4.96 Å². The molecule has 1 saturated carbocycles. The number of nitrogens with zero attached hydrogens (tertiary/aromatic N) is 4. The number of imidazole rings is 1. The first-order chi connectivity index (χ1) is 11.2. The summed E-state index contributed by atoms with van der Waals surface area (Å²) in [4.78, 5) is 12.6. The number of hydrogen-bond donors (Lipinski definition) is 2. The van der Waals surface area contributed by atoms with E-state index in [0.29, 0.717) is 18.5 Å². The summed E-state index contributed by atoms with van der Waals surface area (Å²) in [6.07, 6.45) is 6.86. The number of fused-ring (bicyclic) bond motifs is 1. The molecule has 0 aromatic carbocycles. The summed E-state index contributed by atoms with van der Waals surface area (Å²) in [5.74, 6) is 1.53. The first kappa shape index (κ1) is 15.0. The number of nitrogens with one attached hydrogen (secondary N) is 2. The summed E-state index contributed by atoms with van der Waals surface area (Å²) in [5, 5.41) is 9.03. The Morgan fingerprint density at radius 3 is 3.04 bits per heavy atom. The third-order valence-corrected chi connectivity index (χ3v) is 5.60. The van der Waals surface area contributed by atoms with Crippen LogP contribution in [0, 0.1) is 5.92 Å². The summed E-state index contributed by atoms with van der Waals surface area (Å²) in [6.45, 7) is 5.36. The second kappa shape index (κ2) is 6.13. The molecule has 2 atom stereocenters. The van der Waals surface area contributed by atoms with E-state index in [1.54, 1.807) is 11.3 Å². The van der Waals surface area contributed by atoms with Gasteiger partial charge >= 0.3 is 0 Å². The molecule has 0 radical (unpaired) electrons. The summed E-state index contributed by atoms with van der Waals surface area (Å²) in [5.41, 5.74) is 1.04. The monoisotopic (exact) mass is 332 g/mol. The number of thiazole rings is 1. The van der Waals surface area contributed by atoms with E-state index >= 15 is 0 Å². The molecule has 124 valence electrons. The predicted molar refractivity (Wildman–Crippen MR) is 94.0 cm³/mol. The molecule has 2 aromatic rings. The van der Waals surface area contributed by atoms with Crippen LogP contribution in [0.15, 0.2) is 22.8 Å². The lowest BCUT2D eigenvalue weighted by Gasteiger charge is -2.20.